The molecule has 2 aromatic rings. The largest absolute Gasteiger partial charge is 0.496 e. The highest BCUT2D eigenvalue weighted by molar-refractivity contribution is 5.83. The summed E-state index contributed by atoms with van der Waals surface area (Å²) in [4.78, 5) is 12.2. The van der Waals surface area contributed by atoms with Crippen LogP contribution in [-0.2, 0) is 0 Å². The molecule has 21 heavy (non-hydrogen) atoms. The molecule has 5 nitrogen and oxygen atoms in total. The maximum absolute atomic E-state index is 12.2. The number of nitriles is 1. The predicted molar refractivity (Wildman–Crippen MR) is 80.9 cm³/mol. The molecule has 1 aromatic carbocycles. The third kappa shape index (κ3) is 2.84. The summed E-state index contributed by atoms with van der Waals surface area (Å²) in [5.41, 5.74) is 1.77. The van der Waals surface area contributed by atoms with Gasteiger partial charge in [-0.05, 0) is 37.6 Å². The van der Waals surface area contributed by atoms with Crippen LogP contribution in [0.15, 0.2) is 40.2 Å². The van der Waals surface area contributed by atoms with Crippen LogP contribution in [0.2, 0.25) is 0 Å². The van der Waals surface area contributed by atoms with E-state index in [2.05, 4.69) is 5.10 Å². The van der Waals surface area contributed by atoms with E-state index in [0.29, 0.717) is 17.0 Å². The summed E-state index contributed by atoms with van der Waals surface area (Å²) < 4.78 is 6.45. The van der Waals surface area contributed by atoms with Gasteiger partial charge in [0, 0.05) is 11.3 Å². The Morgan fingerprint density at radius 2 is 2.05 bits per heavy atom. The van der Waals surface area contributed by atoms with Gasteiger partial charge in [-0.15, -0.1) is 0 Å². The minimum Gasteiger partial charge on any atom is -0.496 e. The first-order chi connectivity index (χ1) is 10.1. The molecule has 0 aliphatic carbocycles. The van der Waals surface area contributed by atoms with Crippen molar-refractivity contribution in [2.45, 2.75) is 13.8 Å². The summed E-state index contributed by atoms with van der Waals surface area (Å²) >= 11 is 0. The number of aryl methyl sites for hydroxylation is 2. The lowest BCUT2D eigenvalue weighted by atomic mass is 10.1. The molecule has 0 radical (unpaired) electrons. The van der Waals surface area contributed by atoms with Crippen LogP contribution in [0.1, 0.15) is 22.4 Å². The molecule has 0 aliphatic heterocycles. The normalized spacial score (nSPS) is 10.6. The Bertz CT molecular complexity index is 798. The summed E-state index contributed by atoms with van der Waals surface area (Å²) in [6.07, 6.45) is 1.55. The smallest absolute Gasteiger partial charge is 0.289 e. The summed E-state index contributed by atoms with van der Waals surface area (Å²) in [6, 6.07) is 11.0. The molecule has 0 fully saturated rings. The topological polar surface area (TPSA) is 67.4 Å². The van der Waals surface area contributed by atoms with Crippen LogP contribution in [0.5, 0.6) is 5.75 Å². The summed E-state index contributed by atoms with van der Waals surface area (Å²) in [5.74, 6) is 0.666. The molecule has 0 saturated heterocycles. The molecule has 0 aliphatic rings. The molecule has 0 saturated carbocycles. The van der Waals surface area contributed by atoms with Crippen molar-refractivity contribution in [3.8, 4) is 11.8 Å². The highest BCUT2D eigenvalue weighted by Gasteiger charge is 2.09. The summed E-state index contributed by atoms with van der Waals surface area (Å²) in [7, 11) is 1.57. The third-order valence-corrected chi connectivity index (χ3v) is 3.12. The molecule has 2 rings (SSSR count). The van der Waals surface area contributed by atoms with Gasteiger partial charge in [0.15, 0.2) is 0 Å². The fourth-order valence-corrected chi connectivity index (χ4v) is 2.05. The zero-order valence-corrected chi connectivity index (χ0v) is 12.1. The number of ether oxygens (including phenoxy) is 1. The van der Waals surface area contributed by atoms with Crippen LogP contribution in [0.3, 0.4) is 0 Å². The first-order valence-corrected chi connectivity index (χ1v) is 6.39. The fourth-order valence-electron chi connectivity index (χ4n) is 2.05. The van der Waals surface area contributed by atoms with Crippen molar-refractivity contribution in [3.63, 3.8) is 0 Å². The number of nitrogens with zero attached hydrogens (tertiary/aromatic N) is 3. The number of para-hydroxylation sites is 1. The molecule has 0 bridgehead atoms. The quantitative estimate of drug-likeness (QED) is 0.810. The Morgan fingerprint density at radius 1 is 1.33 bits per heavy atom. The van der Waals surface area contributed by atoms with Crippen molar-refractivity contribution in [2.75, 3.05) is 7.11 Å². The molecule has 0 spiro atoms. The molecule has 5 heteroatoms. The highest BCUT2D eigenvalue weighted by Crippen LogP contribution is 2.15. The molecular weight excluding hydrogens is 266 g/mol. The molecule has 0 unspecified atom stereocenters. The van der Waals surface area contributed by atoms with Gasteiger partial charge in [-0.1, -0.05) is 12.1 Å². The van der Waals surface area contributed by atoms with Gasteiger partial charge in [-0.3, -0.25) is 4.79 Å². The first kappa shape index (κ1) is 14.5. The maximum Gasteiger partial charge on any atom is 0.289 e. The number of benzene rings is 1. The predicted octanol–water partition coefficient (Wildman–Crippen LogP) is 2.23. The van der Waals surface area contributed by atoms with Crippen molar-refractivity contribution in [1.29, 1.82) is 5.26 Å². The van der Waals surface area contributed by atoms with E-state index in [9.17, 15) is 4.79 Å². The van der Waals surface area contributed by atoms with Gasteiger partial charge in [0.1, 0.15) is 17.4 Å². The zero-order chi connectivity index (χ0) is 15.4. The Kier molecular flexibility index (Phi) is 4.19. The maximum atomic E-state index is 12.2. The Morgan fingerprint density at radius 3 is 2.71 bits per heavy atom. The molecular formula is C16H15N3O2. The van der Waals surface area contributed by atoms with E-state index in [1.54, 1.807) is 33.2 Å². The van der Waals surface area contributed by atoms with Crippen molar-refractivity contribution < 1.29 is 4.74 Å². The average molecular weight is 281 g/mol. The van der Waals surface area contributed by atoms with Gasteiger partial charge in [0.25, 0.3) is 5.56 Å². The molecule has 0 atom stereocenters. The Labute approximate surface area is 122 Å². The Hall–Kier alpha value is -2.87. The van der Waals surface area contributed by atoms with E-state index in [1.165, 1.54) is 4.68 Å². The Balaban J connectivity index is 2.52. The van der Waals surface area contributed by atoms with E-state index >= 15 is 0 Å². The molecule has 106 valence electrons. The second kappa shape index (κ2) is 6.06. The lowest BCUT2D eigenvalue weighted by molar-refractivity contribution is 0.414. The van der Waals surface area contributed by atoms with Crippen molar-refractivity contribution in [1.82, 2.24) is 4.68 Å². The summed E-state index contributed by atoms with van der Waals surface area (Å²) in [6.45, 7) is 3.51. The van der Waals surface area contributed by atoms with Gasteiger partial charge in [0.2, 0.25) is 0 Å². The monoisotopic (exact) mass is 281 g/mol. The molecule has 0 N–H and O–H groups in total. The fraction of sp³-hybridized carbons (Fsp3) is 0.188. The number of aromatic nitrogens is 1. The van der Waals surface area contributed by atoms with Crippen LogP contribution in [-0.4, -0.2) is 18.0 Å². The zero-order valence-electron chi connectivity index (χ0n) is 12.1. The van der Waals surface area contributed by atoms with Gasteiger partial charge in [0.05, 0.1) is 13.3 Å². The molecule has 0 amide bonds. The van der Waals surface area contributed by atoms with E-state index in [1.807, 2.05) is 30.3 Å². The van der Waals surface area contributed by atoms with E-state index < -0.39 is 5.56 Å². The number of rotatable bonds is 3. The second-order valence-corrected chi connectivity index (χ2v) is 4.56. The van der Waals surface area contributed by atoms with Gasteiger partial charge < -0.3 is 4.74 Å². The first-order valence-electron chi connectivity index (χ1n) is 6.39. The van der Waals surface area contributed by atoms with Gasteiger partial charge >= 0.3 is 0 Å². The van der Waals surface area contributed by atoms with E-state index in [4.69, 9.17) is 10.00 Å². The van der Waals surface area contributed by atoms with Gasteiger partial charge in [-0.25, -0.2) is 4.68 Å². The number of pyridine rings is 1. The van der Waals surface area contributed by atoms with E-state index in [-0.39, 0.29) is 5.56 Å². The van der Waals surface area contributed by atoms with Crippen LogP contribution in [0.25, 0.3) is 0 Å². The number of hydrogen-bond acceptors (Lipinski definition) is 4. The van der Waals surface area contributed by atoms with E-state index in [0.717, 1.165) is 5.56 Å². The minimum absolute atomic E-state index is 0.109. The van der Waals surface area contributed by atoms with Crippen LogP contribution < -0.4 is 10.3 Å². The van der Waals surface area contributed by atoms with Crippen LogP contribution in [0.4, 0.5) is 0 Å². The highest BCUT2D eigenvalue weighted by atomic mass is 16.5. The lowest BCUT2D eigenvalue weighted by Gasteiger charge is -2.07. The SMILES string of the molecule is COc1ccccc1/C=N/n1c(C)cc(C)c(C#N)c1=O. The molecule has 1 heterocycles. The number of methoxy groups -OCH3 is 1. The average Bonchev–Trinajstić information content (AvgIpc) is 2.47. The number of hydrogen-bond donors (Lipinski definition) is 0. The van der Waals surface area contributed by atoms with Gasteiger partial charge in [-0.2, -0.15) is 10.4 Å². The third-order valence-electron chi connectivity index (χ3n) is 3.12. The van der Waals surface area contributed by atoms with Crippen LogP contribution >= 0.6 is 0 Å². The molecule has 1 aromatic heterocycles. The van der Waals surface area contributed by atoms with Crippen molar-refractivity contribution in [3.05, 3.63) is 63.1 Å². The minimum atomic E-state index is -0.416. The van der Waals surface area contributed by atoms with Crippen molar-refractivity contribution >= 4 is 6.21 Å². The lowest BCUT2D eigenvalue weighted by Crippen LogP contribution is -2.22. The standard InChI is InChI=1S/C16H15N3O2/c1-11-8-12(2)19(16(20)14(11)9-17)18-10-13-6-4-5-7-15(13)21-3/h4-8,10H,1-3H3/b18-10+. The summed E-state index contributed by atoms with van der Waals surface area (Å²) in [5, 5.41) is 13.2. The van der Waals surface area contributed by atoms with Crippen LogP contribution in [0, 0.1) is 25.2 Å². The van der Waals surface area contributed by atoms with Crippen molar-refractivity contribution in [2.24, 2.45) is 5.10 Å². The second-order valence-electron chi connectivity index (χ2n) is 4.56.